The van der Waals surface area contributed by atoms with Gasteiger partial charge in [-0.15, -0.1) is 0 Å². The molecular weight excluding hydrogens is 254 g/mol. The zero-order valence-corrected chi connectivity index (χ0v) is 12.7. The first-order chi connectivity index (χ1) is 10.4. The average molecular weight is 279 g/mol. The molecule has 1 fully saturated rings. The van der Waals surface area contributed by atoms with Crippen molar-refractivity contribution in [1.29, 1.82) is 0 Å². The third-order valence-electron chi connectivity index (χ3n) is 4.50. The summed E-state index contributed by atoms with van der Waals surface area (Å²) < 4.78 is 0. The summed E-state index contributed by atoms with van der Waals surface area (Å²) in [5, 5.41) is 3.69. The molecule has 0 spiro atoms. The van der Waals surface area contributed by atoms with E-state index in [4.69, 9.17) is 0 Å². The Balaban J connectivity index is 1.57. The van der Waals surface area contributed by atoms with Crippen LogP contribution in [0.15, 0.2) is 54.6 Å². The summed E-state index contributed by atoms with van der Waals surface area (Å²) in [6.45, 7) is 1.21. The lowest BCUT2D eigenvalue weighted by molar-refractivity contribution is 0.478. The Labute approximate surface area is 128 Å². The first kappa shape index (κ1) is 14.3. The molecule has 3 rings (SSSR count). The maximum Gasteiger partial charge on any atom is 0.00702 e. The molecule has 1 atom stereocenters. The Kier molecular flexibility index (Phi) is 5.07. The molecule has 0 aliphatic carbocycles. The van der Waals surface area contributed by atoms with E-state index in [1.165, 1.54) is 61.8 Å². The second kappa shape index (κ2) is 7.42. The first-order valence-corrected chi connectivity index (χ1v) is 8.29. The zero-order valence-electron chi connectivity index (χ0n) is 12.7. The van der Waals surface area contributed by atoms with Crippen molar-refractivity contribution in [3.05, 3.63) is 60.2 Å². The molecule has 1 aliphatic rings. The third kappa shape index (κ3) is 4.18. The summed E-state index contributed by atoms with van der Waals surface area (Å²) in [5.41, 5.74) is 4.07. The maximum absolute atomic E-state index is 3.69. The second-order valence-electron chi connectivity index (χ2n) is 6.10. The first-order valence-electron chi connectivity index (χ1n) is 8.29. The van der Waals surface area contributed by atoms with E-state index < -0.39 is 0 Å². The van der Waals surface area contributed by atoms with Crippen LogP contribution >= 0.6 is 0 Å². The second-order valence-corrected chi connectivity index (χ2v) is 6.10. The van der Waals surface area contributed by atoms with Crippen LogP contribution in [-0.2, 0) is 6.42 Å². The highest BCUT2D eigenvalue weighted by Crippen LogP contribution is 2.20. The molecule has 0 aromatic heterocycles. The van der Waals surface area contributed by atoms with E-state index in [0.29, 0.717) is 0 Å². The van der Waals surface area contributed by atoms with Crippen molar-refractivity contribution < 1.29 is 0 Å². The topological polar surface area (TPSA) is 12.0 Å². The van der Waals surface area contributed by atoms with Crippen LogP contribution in [0.2, 0.25) is 0 Å². The summed E-state index contributed by atoms with van der Waals surface area (Å²) in [4.78, 5) is 0. The van der Waals surface area contributed by atoms with E-state index in [2.05, 4.69) is 59.9 Å². The number of hydrogen-bond acceptors (Lipinski definition) is 1. The minimum atomic E-state index is 0.723. The van der Waals surface area contributed by atoms with E-state index in [1.54, 1.807) is 0 Å². The number of rotatable bonds is 4. The number of hydrogen-bond donors (Lipinski definition) is 1. The molecular formula is C20H25N. The Morgan fingerprint density at radius 1 is 0.810 bits per heavy atom. The van der Waals surface area contributed by atoms with Crippen molar-refractivity contribution in [2.45, 2.75) is 44.6 Å². The number of aryl methyl sites for hydroxylation is 1. The molecule has 1 heterocycles. The highest BCUT2D eigenvalue weighted by molar-refractivity contribution is 5.63. The smallest absolute Gasteiger partial charge is 0.00702 e. The highest BCUT2D eigenvalue weighted by Gasteiger charge is 2.11. The maximum atomic E-state index is 3.69. The minimum absolute atomic E-state index is 0.723. The van der Waals surface area contributed by atoms with Crippen LogP contribution in [0.5, 0.6) is 0 Å². The lowest BCUT2D eigenvalue weighted by Crippen LogP contribution is -2.28. The summed E-state index contributed by atoms with van der Waals surface area (Å²) in [6, 6.07) is 20.4. The van der Waals surface area contributed by atoms with Crippen molar-refractivity contribution in [2.24, 2.45) is 0 Å². The third-order valence-corrected chi connectivity index (χ3v) is 4.50. The van der Waals surface area contributed by atoms with Gasteiger partial charge in [0.15, 0.2) is 0 Å². The minimum Gasteiger partial charge on any atom is -0.314 e. The molecule has 2 aromatic rings. The van der Waals surface area contributed by atoms with Crippen molar-refractivity contribution in [3.63, 3.8) is 0 Å². The monoisotopic (exact) mass is 279 g/mol. The molecule has 0 saturated carbocycles. The van der Waals surface area contributed by atoms with Crippen LogP contribution in [0.1, 0.15) is 37.7 Å². The summed E-state index contributed by atoms with van der Waals surface area (Å²) >= 11 is 0. The van der Waals surface area contributed by atoms with Gasteiger partial charge >= 0.3 is 0 Å². The molecule has 0 amide bonds. The van der Waals surface area contributed by atoms with Crippen molar-refractivity contribution in [2.75, 3.05) is 6.54 Å². The van der Waals surface area contributed by atoms with Crippen LogP contribution < -0.4 is 5.32 Å². The predicted octanol–water partition coefficient (Wildman–Crippen LogP) is 4.82. The zero-order chi connectivity index (χ0) is 14.3. The van der Waals surface area contributed by atoms with Gasteiger partial charge in [0, 0.05) is 6.04 Å². The van der Waals surface area contributed by atoms with Crippen LogP contribution in [-0.4, -0.2) is 12.6 Å². The van der Waals surface area contributed by atoms with Gasteiger partial charge in [-0.25, -0.2) is 0 Å². The van der Waals surface area contributed by atoms with E-state index in [0.717, 1.165) is 6.04 Å². The molecule has 0 bridgehead atoms. The summed E-state index contributed by atoms with van der Waals surface area (Å²) in [5.74, 6) is 0. The molecule has 1 heteroatoms. The van der Waals surface area contributed by atoms with Crippen molar-refractivity contribution >= 4 is 0 Å². The van der Waals surface area contributed by atoms with Gasteiger partial charge in [-0.1, -0.05) is 67.4 Å². The number of benzene rings is 2. The van der Waals surface area contributed by atoms with Gasteiger partial charge in [-0.05, 0) is 48.9 Å². The quantitative estimate of drug-likeness (QED) is 0.846. The van der Waals surface area contributed by atoms with Gasteiger partial charge in [0.2, 0.25) is 0 Å². The molecule has 110 valence electrons. The fraction of sp³-hybridized carbons (Fsp3) is 0.400. The van der Waals surface area contributed by atoms with E-state index in [1.807, 2.05) is 0 Å². The SMILES string of the molecule is c1ccc(-c2ccc(CCC3CCCCCN3)cc2)cc1. The van der Waals surface area contributed by atoms with Gasteiger partial charge in [0.25, 0.3) is 0 Å². The molecule has 1 nitrogen and oxygen atoms in total. The molecule has 2 aromatic carbocycles. The fourth-order valence-electron chi connectivity index (χ4n) is 3.18. The summed E-state index contributed by atoms with van der Waals surface area (Å²) in [6.07, 6.45) is 7.95. The standard InChI is InChI=1S/C20H25N/c1-3-7-18(8-4-1)19-13-10-17(11-14-19)12-15-20-9-5-2-6-16-21-20/h1,3-4,7-8,10-11,13-14,20-21H,2,5-6,9,12,15-16H2. The van der Waals surface area contributed by atoms with Crippen LogP contribution in [0.3, 0.4) is 0 Å². The normalized spacial score (nSPS) is 19.1. The number of nitrogens with one attached hydrogen (secondary N) is 1. The van der Waals surface area contributed by atoms with Gasteiger partial charge in [-0.2, -0.15) is 0 Å². The molecule has 1 saturated heterocycles. The summed E-state index contributed by atoms with van der Waals surface area (Å²) in [7, 11) is 0. The van der Waals surface area contributed by atoms with Crippen molar-refractivity contribution in [1.82, 2.24) is 5.32 Å². The van der Waals surface area contributed by atoms with Crippen LogP contribution in [0.25, 0.3) is 11.1 Å². The largest absolute Gasteiger partial charge is 0.314 e. The fourth-order valence-corrected chi connectivity index (χ4v) is 3.18. The van der Waals surface area contributed by atoms with Crippen LogP contribution in [0.4, 0.5) is 0 Å². The lowest BCUT2D eigenvalue weighted by atomic mass is 9.99. The van der Waals surface area contributed by atoms with Crippen molar-refractivity contribution in [3.8, 4) is 11.1 Å². The van der Waals surface area contributed by atoms with E-state index in [-0.39, 0.29) is 0 Å². The van der Waals surface area contributed by atoms with Gasteiger partial charge in [0.05, 0.1) is 0 Å². The van der Waals surface area contributed by atoms with Gasteiger partial charge in [-0.3, -0.25) is 0 Å². The molecule has 0 radical (unpaired) electrons. The highest BCUT2D eigenvalue weighted by atomic mass is 14.9. The Morgan fingerprint density at radius 3 is 2.38 bits per heavy atom. The molecule has 1 unspecified atom stereocenters. The van der Waals surface area contributed by atoms with Crippen LogP contribution in [0, 0.1) is 0 Å². The average Bonchev–Trinajstić information content (AvgIpc) is 2.83. The molecule has 21 heavy (non-hydrogen) atoms. The molecule has 1 N–H and O–H groups in total. The molecule has 1 aliphatic heterocycles. The van der Waals surface area contributed by atoms with E-state index >= 15 is 0 Å². The Hall–Kier alpha value is -1.60. The lowest BCUT2D eigenvalue weighted by Gasteiger charge is -2.15. The van der Waals surface area contributed by atoms with E-state index in [9.17, 15) is 0 Å². The van der Waals surface area contributed by atoms with Gasteiger partial charge < -0.3 is 5.32 Å². The van der Waals surface area contributed by atoms with Gasteiger partial charge in [0.1, 0.15) is 0 Å². The Bertz CT molecular complexity index is 522. The predicted molar refractivity (Wildman–Crippen MR) is 90.5 cm³/mol. The Morgan fingerprint density at radius 2 is 1.57 bits per heavy atom.